The lowest BCUT2D eigenvalue weighted by Crippen LogP contribution is -2.28. The topological polar surface area (TPSA) is 83.4 Å². The third-order valence-electron chi connectivity index (χ3n) is 4.65. The predicted octanol–water partition coefficient (Wildman–Crippen LogP) is 3.47. The van der Waals surface area contributed by atoms with Gasteiger partial charge in [-0.05, 0) is 23.9 Å². The van der Waals surface area contributed by atoms with Gasteiger partial charge < -0.3 is 10.0 Å². The third-order valence-corrected chi connectivity index (χ3v) is 5.51. The number of hydrogen-bond donors (Lipinski definition) is 1. The Morgan fingerprint density at radius 1 is 1.18 bits per heavy atom. The van der Waals surface area contributed by atoms with Crippen molar-refractivity contribution in [2.45, 2.75) is 19.5 Å². The van der Waals surface area contributed by atoms with E-state index in [0.29, 0.717) is 0 Å². The number of benzene rings is 1. The molecule has 0 saturated carbocycles. The molecule has 4 rings (SSSR count). The van der Waals surface area contributed by atoms with Crippen molar-refractivity contribution in [1.82, 2.24) is 14.9 Å². The minimum Gasteiger partial charge on any atom is -0.505 e. The summed E-state index contributed by atoms with van der Waals surface area (Å²) in [4.78, 5) is 36.2. The molecule has 1 aliphatic heterocycles. The molecule has 0 spiro atoms. The molecule has 7 heteroatoms. The largest absolute Gasteiger partial charge is 0.505 e. The lowest BCUT2D eigenvalue weighted by atomic mass is 9.96. The summed E-state index contributed by atoms with van der Waals surface area (Å²) in [5.74, 6) is -1.67. The zero-order valence-corrected chi connectivity index (χ0v) is 15.9. The number of rotatable bonds is 4. The van der Waals surface area contributed by atoms with Crippen LogP contribution in [0, 0.1) is 6.92 Å². The first-order valence-corrected chi connectivity index (χ1v) is 9.58. The van der Waals surface area contributed by atoms with E-state index in [9.17, 15) is 14.7 Å². The summed E-state index contributed by atoms with van der Waals surface area (Å²) in [6.07, 6.45) is 4.27. The van der Waals surface area contributed by atoms with E-state index in [1.807, 2.05) is 48.7 Å². The average molecular weight is 391 g/mol. The average Bonchev–Trinajstić information content (AvgIpc) is 3.31. The van der Waals surface area contributed by atoms with E-state index < -0.39 is 17.7 Å². The van der Waals surface area contributed by atoms with Gasteiger partial charge in [-0.2, -0.15) is 0 Å². The number of aryl methyl sites for hydroxylation is 1. The quantitative estimate of drug-likeness (QED) is 0.418. The van der Waals surface area contributed by atoms with E-state index in [2.05, 4.69) is 9.97 Å². The van der Waals surface area contributed by atoms with Gasteiger partial charge >= 0.3 is 0 Å². The maximum atomic E-state index is 12.9. The normalized spacial score (nSPS) is 18.6. The van der Waals surface area contributed by atoms with Crippen molar-refractivity contribution in [3.63, 3.8) is 0 Å². The molecule has 1 unspecified atom stereocenters. The Kier molecular flexibility index (Phi) is 4.75. The highest BCUT2D eigenvalue weighted by Crippen LogP contribution is 2.40. The van der Waals surface area contributed by atoms with Gasteiger partial charge in [0.25, 0.3) is 11.7 Å². The molecule has 0 aliphatic carbocycles. The molecule has 2 aromatic heterocycles. The summed E-state index contributed by atoms with van der Waals surface area (Å²) < 4.78 is 0. The molecule has 1 aliphatic rings. The van der Waals surface area contributed by atoms with Gasteiger partial charge in [0.1, 0.15) is 5.69 Å². The molecule has 3 aromatic rings. The number of amides is 1. The molecule has 1 atom stereocenters. The molecule has 6 nitrogen and oxygen atoms in total. The Labute approximate surface area is 165 Å². The van der Waals surface area contributed by atoms with Crippen LogP contribution < -0.4 is 0 Å². The van der Waals surface area contributed by atoms with Crippen molar-refractivity contribution < 1.29 is 14.7 Å². The van der Waals surface area contributed by atoms with Crippen molar-refractivity contribution >= 4 is 28.8 Å². The maximum Gasteiger partial charge on any atom is 0.295 e. The van der Waals surface area contributed by atoms with E-state index in [-0.39, 0.29) is 23.6 Å². The molecule has 1 aromatic carbocycles. The summed E-state index contributed by atoms with van der Waals surface area (Å²) in [5.41, 5.74) is 2.01. The predicted molar refractivity (Wildman–Crippen MR) is 105 cm³/mol. The molecule has 3 heterocycles. The van der Waals surface area contributed by atoms with Crippen molar-refractivity contribution in [3.8, 4) is 0 Å². The number of carbonyl (C=O) groups is 2. The number of aliphatic hydroxyl groups is 1. The molecular weight excluding hydrogens is 374 g/mol. The molecule has 1 fully saturated rings. The van der Waals surface area contributed by atoms with Crippen LogP contribution in [0.2, 0.25) is 0 Å². The highest BCUT2D eigenvalue weighted by atomic mass is 32.1. The Bertz CT molecular complexity index is 1040. The summed E-state index contributed by atoms with van der Waals surface area (Å²) in [6.45, 7) is 2.25. The molecule has 28 heavy (non-hydrogen) atoms. The number of hydrogen-bond acceptors (Lipinski definition) is 6. The van der Waals surface area contributed by atoms with E-state index in [0.717, 1.165) is 16.0 Å². The van der Waals surface area contributed by atoms with E-state index in [1.165, 1.54) is 34.8 Å². The van der Waals surface area contributed by atoms with Crippen LogP contribution >= 0.6 is 11.3 Å². The Balaban J connectivity index is 1.86. The number of likely N-dealkylation sites (tertiary alicyclic amines) is 1. The summed E-state index contributed by atoms with van der Waals surface area (Å²) in [5, 5.41) is 12.7. The molecule has 1 saturated heterocycles. The molecule has 0 bridgehead atoms. The van der Waals surface area contributed by atoms with Gasteiger partial charge in [0.2, 0.25) is 0 Å². The number of aromatic nitrogens is 2. The molecule has 0 radical (unpaired) electrons. The van der Waals surface area contributed by atoms with Crippen LogP contribution in [0.25, 0.3) is 5.76 Å². The first-order valence-electron chi connectivity index (χ1n) is 8.70. The number of Topliss-reactive ketones (excluding diaryl/α,β-unsaturated/α-hetero) is 1. The highest BCUT2D eigenvalue weighted by Gasteiger charge is 2.46. The zero-order chi connectivity index (χ0) is 19.7. The van der Waals surface area contributed by atoms with Gasteiger partial charge in [-0.25, -0.2) is 4.98 Å². The SMILES string of the molecule is Cc1ccc(C2/C(=C(\O)c3cnccn3)C(=O)C(=O)N2Cc2cccs2)cc1. The van der Waals surface area contributed by atoms with Crippen LogP contribution in [-0.2, 0) is 16.1 Å². The Morgan fingerprint density at radius 3 is 2.61 bits per heavy atom. The smallest absolute Gasteiger partial charge is 0.295 e. The monoisotopic (exact) mass is 391 g/mol. The van der Waals surface area contributed by atoms with E-state index in [4.69, 9.17) is 0 Å². The first kappa shape index (κ1) is 18.1. The maximum absolute atomic E-state index is 12.9. The second-order valence-electron chi connectivity index (χ2n) is 6.51. The third kappa shape index (κ3) is 3.20. The Morgan fingerprint density at radius 2 is 1.96 bits per heavy atom. The van der Waals surface area contributed by atoms with Crippen LogP contribution in [0.1, 0.15) is 27.7 Å². The summed E-state index contributed by atoms with van der Waals surface area (Å²) in [7, 11) is 0. The fourth-order valence-electron chi connectivity index (χ4n) is 3.27. The Hall–Kier alpha value is -3.32. The number of nitrogens with zero attached hydrogens (tertiary/aromatic N) is 3. The van der Waals surface area contributed by atoms with Crippen LogP contribution in [0.15, 0.2) is 65.9 Å². The molecule has 140 valence electrons. The fraction of sp³-hybridized carbons (Fsp3) is 0.143. The lowest BCUT2D eigenvalue weighted by Gasteiger charge is -2.25. The number of aliphatic hydroxyl groups excluding tert-OH is 1. The lowest BCUT2D eigenvalue weighted by molar-refractivity contribution is -0.140. The second-order valence-corrected chi connectivity index (χ2v) is 7.54. The van der Waals surface area contributed by atoms with Gasteiger partial charge in [-0.1, -0.05) is 35.9 Å². The van der Waals surface area contributed by atoms with Crippen LogP contribution in [0.3, 0.4) is 0 Å². The summed E-state index contributed by atoms with van der Waals surface area (Å²) in [6, 6.07) is 10.7. The second kappa shape index (κ2) is 7.36. The summed E-state index contributed by atoms with van der Waals surface area (Å²) >= 11 is 1.51. The van der Waals surface area contributed by atoms with Crippen LogP contribution in [0.5, 0.6) is 0 Å². The fourth-order valence-corrected chi connectivity index (χ4v) is 3.97. The van der Waals surface area contributed by atoms with Gasteiger partial charge in [-0.3, -0.25) is 14.6 Å². The van der Waals surface area contributed by atoms with Crippen LogP contribution in [0.4, 0.5) is 0 Å². The molecular formula is C21H17N3O3S. The van der Waals surface area contributed by atoms with Crippen LogP contribution in [-0.4, -0.2) is 31.7 Å². The van der Waals surface area contributed by atoms with Crippen molar-refractivity contribution in [1.29, 1.82) is 0 Å². The van der Waals surface area contributed by atoms with Gasteiger partial charge in [0.15, 0.2) is 5.76 Å². The standard InChI is InChI=1S/C21H17N3O3S/c1-13-4-6-14(7-5-13)18-17(19(25)16-11-22-8-9-23-16)20(26)21(27)24(18)12-15-3-2-10-28-15/h2-11,18,25H,12H2,1H3/b19-17+. The van der Waals surface area contributed by atoms with Gasteiger partial charge in [-0.15, -0.1) is 11.3 Å². The number of carbonyl (C=O) groups excluding carboxylic acids is 2. The minimum atomic E-state index is -0.717. The van der Waals surface area contributed by atoms with E-state index >= 15 is 0 Å². The highest BCUT2D eigenvalue weighted by molar-refractivity contribution is 7.09. The van der Waals surface area contributed by atoms with Crippen molar-refractivity contribution in [2.75, 3.05) is 0 Å². The minimum absolute atomic E-state index is 0.0332. The van der Waals surface area contributed by atoms with Gasteiger partial charge in [0.05, 0.1) is 24.4 Å². The first-order chi connectivity index (χ1) is 13.6. The van der Waals surface area contributed by atoms with Crippen molar-refractivity contribution in [3.05, 3.63) is 87.6 Å². The van der Waals surface area contributed by atoms with Gasteiger partial charge in [0, 0.05) is 17.3 Å². The van der Waals surface area contributed by atoms with E-state index in [1.54, 1.807) is 0 Å². The van der Waals surface area contributed by atoms with Crippen molar-refractivity contribution in [2.24, 2.45) is 0 Å². The zero-order valence-electron chi connectivity index (χ0n) is 15.1. The molecule has 1 amide bonds. The number of ketones is 1. The number of thiophene rings is 1. The molecule has 1 N–H and O–H groups in total.